The number of ketones is 1. The summed E-state index contributed by atoms with van der Waals surface area (Å²) in [6, 6.07) is 21.2. The fourth-order valence-electron chi connectivity index (χ4n) is 4.76. The third-order valence-electron chi connectivity index (χ3n) is 6.92. The van der Waals surface area contributed by atoms with Crippen LogP contribution in [0.3, 0.4) is 0 Å². The van der Waals surface area contributed by atoms with Crippen molar-refractivity contribution in [3.63, 3.8) is 0 Å². The molecule has 1 unspecified atom stereocenters. The number of nitrogens with zero attached hydrogens (tertiary/aromatic N) is 1. The molecule has 1 heterocycles. The topological polar surface area (TPSA) is 85.3 Å². The van der Waals surface area contributed by atoms with E-state index in [1.807, 2.05) is 43.3 Å². The zero-order valence-corrected chi connectivity index (χ0v) is 23.6. The van der Waals surface area contributed by atoms with Crippen LogP contribution in [0.5, 0.6) is 17.2 Å². The van der Waals surface area contributed by atoms with Gasteiger partial charge in [0.15, 0.2) is 11.5 Å². The Morgan fingerprint density at radius 1 is 0.950 bits per heavy atom. The number of amides is 1. The van der Waals surface area contributed by atoms with Gasteiger partial charge >= 0.3 is 0 Å². The summed E-state index contributed by atoms with van der Waals surface area (Å²) < 4.78 is 17.1. The molecule has 0 saturated carbocycles. The van der Waals surface area contributed by atoms with Crippen LogP contribution in [-0.2, 0) is 16.0 Å². The summed E-state index contributed by atoms with van der Waals surface area (Å²) in [5.74, 6) is 0.625. The van der Waals surface area contributed by atoms with Gasteiger partial charge in [-0.15, -0.1) is 0 Å². The van der Waals surface area contributed by atoms with Crippen LogP contribution in [0.2, 0.25) is 0 Å². The molecule has 3 aromatic carbocycles. The molecular weight excluding hydrogens is 506 g/mol. The molecule has 1 atom stereocenters. The van der Waals surface area contributed by atoms with E-state index in [2.05, 4.69) is 13.8 Å². The first-order valence-electron chi connectivity index (χ1n) is 13.7. The lowest BCUT2D eigenvalue weighted by atomic mass is 9.94. The molecule has 40 heavy (non-hydrogen) atoms. The molecule has 1 saturated heterocycles. The fraction of sp³-hybridized carbons (Fsp3) is 0.333. The summed E-state index contributed by atoms with van der Waals surface area (Å²) in [5, 5.41) is 11.4. The smallest absolute Gasteiger partial charge is 0.295 e. The van der Waals surface area contributed by atoms with Crippen molar-refractivity contribution in [1.82, 2.24) is 4.90 Å². The lowest BCUT2D eigenvalue weighted by molar-refractivity contribution is -0.139. The normalized spacial score (nSPS) is 16.4. The summed E-state index contributed by atoms with van der Waals surface area (Å²) in [7, 11) is 1.56. The minimum Gasteiger partial charge on any atom is -0.507 e. The maximum absolute atomic E-state index is 13.4. The molecule has 0 radical (unpaired) electrons. The van der Waals surface area contributed by atoms with E-state index in [9.17, 15) is 14.7 Å². The number of likely N-dealkylation sites (tertiary alicyclic amines) is 1. The van der Waals surface area contributed by atoms with Crippen LogP contribution in [0.1, 0.15) is 49.9 Å². The number of carbonyl (C=O) groups is 2. The van der Waals surface area contributed by atoms with E-state index in [4.69, 9.17) is 14.2 Å². The second-order valence-corrected chi connectivity index (χ2v) is 10.1. The third-order valence-corrected chi connectivity index (χ3v) is 6.92. The number of rotatable bonds is 12. The first kappa shape index (κ1) is 28.7. The highest BCUT2D eigenvalue weighted by molar-refractivity contribution is 6.46. The van der Waals surface area contributed by atoms with Gasteiger partial charge in [0.05, 0.1) is 31.9 Å². The van der Waals surface area contributed by atoms with Crippen LogP contribution in [0, 0.1) is 5.92 Å². The average Bonchev–Trinajstić information content (AvgIpc) is 3.21. The molecule has 0 aromatic heterocycles. The molecule has 1 amide bonds. The minimum atomic E-state index is -0.797. The number of aliphatic hydroxyl groups is 1. The quantitative estimate of drug-likeness (QED) is 0.167. The molecule has 210 valence electrons. The first-order valence-corrected chi connectivity index (χ1v) is 13.7. The summed E-state index contributed by atoms with van der Waals surface area (Å²) in [6.07, 6.45) is 1.45. The Morgan fingerprint density at radius 3 is 2.33 bits per heavy atom. The molecule has 0 bridgehead atoms. The Hall–Kier alpha value is -4.26. The molecule has 1 aliphatic rings. The lowest BCUT2D eigenvalue weighted by Crippen LogP contribution is -2.31. The summed E-state index contributed by atoms with van der Waals surface area (Å²) in [4.78, 5) is 28.3. The van der Waals surface area contributed by atoms with Crippen LogP contribution < -0.4 is 14.2 Å². The third kappa shape index (κ3) is 6.47. The summed E-state index contributed by atoms with van der Waals surface area (Å²) >= 11 is 0. The van der Waals surface area contributed by atoms with Crippen LogP contribution in [0.4, 0.5) is 0 Å². The van der Waals surface area contributed by atoms with Gasteiger partial charge in [-0.2, -0.15) is 0 Å². The van der Waals surface area contributed by atoms with Gasteiger partial charge in [0.25, 0.3) is 11.7 Å². The van der Waals surface area contributed by atoms with Crippen molar-refractivity contribution in [1.29, 1.82) is 0 Å². The Bertz CT molecular complexity index is 1350. The molecule has 4 rings (SSSR count). The van der Waals surface area contributed by atoms with Gasteiger partial charge in [-0.05, 0) is 73.2 Å². The van der Waals surface area contributed by atoms with Crippen molar-refractivity contribution in [2.24, 2.45) is 5.92 Å². The van der Waals surface area contributed by atoms with Crippen molar-refractivity contribution < 1.29 is 28.9 Å². The number of hydrogen-bond acceptors (Lipinski definition) is 6. The van der Waals surface area contributed by atoms with Crippen molar-refractivity contribution in [2.45, 2.75) is 39.7 Å². The molecule has 7 nitrogen and oxygen atoms in total. The number of benzene rings is 3. The summed E-state index contributed by atoms with van der Waals surface area (Å²) in [5.41, 5.74) is 2.15. The fourth-order valence-corrected chi connectivity index (χ4v) is 4.76. The van der Waals surface area contributed by atoms with Gasteiger partial charge in [-0.1, -0.05) is 50.2 Å². The van der Waals surface area contributed by atoms with Crippen molar-refractivity contribution in [2.75, 3.05) is 26.9 Å². The van der Waals surface area contributed by atoms with Crippen LogP contribution in [0.25, 0.3) is 5.76 Å². The molecular formula is C33H37NO6. The molecule has 0 aliphatic carbocycles. The maximum Gasteiger partial charge on any atom is 0.295 e. The molecule has 1 N–H and O–H groups in total. The van der Waals surface area contributed by atoms with Gasteiger partial charge in [0.1, 0.15) is 11.5 Å². The van der Waals surface area contributed by atoms with Crippen LogP contribution >= 0.6 is 0 Å². The van der Waals surface area contributed by atoms with Gasteiger partial charge in [0.2, 0.25) is 0 Å². The minimum absolute atomic E-state index is 0.0396. The molecule has 0 spiro atoms. The van der Waals surface area contributed by atoms with Crippen molar-refractivity contribution in [3.8, 4) is 17.2 Å². The van der Waals surface area contributed by atoms with E-state index in [0.717, 1.165) is 12.0 Å². The second-order valence-electron chi connectivity index (χ2n) is 10.1. The monoisotopic (exact) mass is 543 g/mol. The van der Waals surface area contributed by atoms with Crippen molar-refractivity contribution >= 4 is 17.4 Å². The van der Waals surface area contributed by atoms with Gasteiger partial charge in [-0.25, -0.2) is 0 Å². The highest BCUT2D eigenvalue weighted by Crippen LogP contribution is 2.42. The Balaban J connectivity index is 1.75. The Kier molecular flexibility index (Phi) is 9.48. The maximum atomic E-state index is 13.4. The van der Waals surface area contributed by atoms with Gasteiger partial charge in [0, 0.05) is 12.1 Å². The highest BCUT2D eigenvalue weighted by Gasteiger charge is 2.46. The number of ether oxygens (including phenoxy) is 3. The number of aliphatic hydroxyl groups excluding tert-OH is 1. The van der Waals surface area contributed by atoms with Crippen LogP contribution in [0.15, 0.2) is 78.4 Å². The van der Waals surface area contributed by atoms with E-state index >= 15 is 0 Å². The number of hydrogen-bond donors (Lipinski definition) is 1. The lowest BCUT2D eigenvalue weighted by Gasteiger charge is -2.26. The van der Waals surface area contributed by atoms with Gasteiger partial charge < -0.3 is 24.2 Å². The van der Waals surface area contributed by atoms with E-state index < -0.39 is 17.7 Å². The molecule has 1 fully saturated rings. The molecule has 1 aliphatic heterocycles. The SMILES string of the molecule is CCOc1ccc(/C(O)=C2\C(=O)C(=O)N(CCc3ccccc3)C2c2ccc(OCCC(C)C)c(OC)c2)cc1. The first-order chi connectivity index (χ1) is 19.3. The molecule has 3 aromatic rings. The zero-order valence-electron chi connectivity index (χ0n) is 23.6. The van der Waals surface area contributed by atoms with Gasteiger partial charge in [-0.3, -0.25) is 9.59 Å². The number of Topliss-reactive ketones (excluding diaryl/α,β-unsaturated/α-hetero) is 1. The van der Waals surface area contributed by atoms with Crippen LogP contribution in [-0.4, -0.2) is 48.6 Å². The van der Waals surface area contributed by atoms with E-state index in [1.54, 1.807) is 43.5 Å². The van der Waals surface area contributed by atoms with E-state index in [1.165, 1.54) is 4.90 Å². The largest absolute Gasteiger partial charge is 0.507 e. The second kappa shape index (κ2) is 13.2. The average molecular weight is 544 g/mol. The number of methoxy groups -OCH3 is 1. The Labute approximate surface area is 236 Å². The van der Waals surface area contributed by atoms with Crippen molar-refractivity contribution in [3.05, 3.63) is 95.1 Å². The predicted octanol–water partition coefficient (Wildman–Crippen LogP) is 6.18. The van der Waals surface area contributed by atoms with E-state index in [-0.39, 0.29) is 11.3 Å². The predicted molar refractivity (Wildman–Crippen MR) is 155 cm³/mol. The standard InChI is InChI=1S/C33H37NO6/c1-5-39-26-14-11-24(12-15-26)31(35)29-30(25-13-16-27(28(21-25)38-4)40-20-18-22(2)3)34(33(37)32(29)36)19-17-23-9-7-6-8-10-23/h6-16,21-22,30,35H,5,17-20H2,1-4H3/b31-29+. The zero-order chi connectivity index (χ0) is 28.6. The summed E-state index contributed by atoms with van der Waals surface area (Å²) in [6.45, 7) is 7.50. The Morgan fingerprint density at radius 2 is 1.68 bits per heavy atom. The molecule has 7 heteroatoms. The number of carbonyl (C=O) groups excluding carboxylic acids is 2. The van der Waals surface area contributed by atoms with E-state index in [0.29, 0.717) is 60.5 Å². The highest BCUT2D eigenvalue weighted by atomic mass is 16.5.